The van der Waals surface area contributed by atoms with Crippen LogP contribution in [0.2, 0.25) is 0 Å². The van der Waals surface area contributed by atoms with Crippen LogP contribution in [0, 0.1) is 0 Å². The topological polar surface area (TPSA) is 87.2 Å². The average Bonchev–Trinajstić information content (AvgIpc) is 3.10. The Morgan fingerprint density at radius 1 is 1.22 bits per heavy atom. The summed E-state index contributed by atoms with van der Waals surface area (Å²) in [4.78, 5) is 25.7. The molecular formula is C18H25N5O2S2. The van der Waals surface area contributed by atoms with Gasteiger partial charge in [0, 0.05) is 19.1 Å². The highest BCUT2D eigenvalue weighted by atomic mass is 32.2. The van der Waals surface area contributed by atoms with Crippen molar-refractivity contribution in [3.63, 3.8) is 0 Å². The maximum atomic E-state index is 12.4. The van der Waals surface area contributed by atoms with E-state index in [4.69, 9.17) is 0 Å². The van der Waals surface area contributed by atoms with Gasteiger partial charge < -0.3 is 15.5 Å². The number of benzene rings is 1. The Hall–Kier alpha value is -2.13. The first-order chi connectivity index (χ1) is 13.0. The van der Waals surface area contributed by atoms with E-state index in [0.717, 1.165) is 15.0 Å². The highest BCUT2D eigenvalue weighted by molar-refractivity contribution is 8.01. The van der Waals surface area contributed by atoms with Crippen LogP contribution in [0.1, 0.15) is 26.3 Å². The summed E-state index contributed by atoms with van der Waals surface area (Å²) in [5.74, 6) is -0.000228. The van der Waals surface area contributed by atoms with Gasteiger partial charge in [-0.1, -0.05) is 53.4 Å². The number of hydrogen-bond acceptors (Lipinski definition) is 7. The second-order valence-corrected chi connectivity index (χ2v) is 8.33. The summed E-state index contributed by atoms with van der Waals surface area (Å²) in [5.41, 5.74) is 1.16. The first-order valence-corrected chi connectivity index (χ1v) is 10.6. The molecular weight excluding hydrogens is 382 g/mol. The Bertz CT molecular complexity index is 736. The van der Waals surface area contributed by atoms with Crippen LogP contribution in [-0.2, 0) is 16.1 Å². The zero-order valence-electron chi connectivity index (χ0n) is 15.8. The Morgan fingerprint density at radius 2 is 1.96 bits per heavy atom. The number of nitrogens with one attached hydrogen (secondary N) is 2. The summed E-state index contributed by atoms with van der Waals surface area (Å²) >= 11 is 2.75. The van der Waals surface area contributed by atoms with Gasteiger partial charge >= 0.3 is 0 Å². The van der Waals surface area contributed by atoms with Crippen molar-refractivity contribution in [3.8, 4) is 0 Å². The van der Waals surface area contributed by atoms with Crippen molar-refractivity contribution in [2.45, 2.75) is 37.7 Å². The maximum absolute atomic E-state index is 12.4. The molecule has 1 heterocycles. The zero-order valence-corrected chi connectivity index (χ0v) is 17.4. The predicted molar refractivity (Wildman–Crippen MR) is 110 cm³/mol. The van der Waals surface area contributed by atoms with Crippen molar-refractivity contribution >= 4 is 40.0 Å². The lowest BCUT2D eigenvalue weighted by molar-refractivity contribution is -0.134. The molecule has 0 saturated carbocycles. The highest BCUT2D eigenvalue weighted by Gasteiger charge is 2.17. The lowest BCUT2D eigenvalue weighted by Crippen LogP contribution is -2.43. The quantitative estimate of drug-likeness (QED) is 0.589. The predicted octanol–water partition coefficient (Wildman–Crippen LogP) is 2.62. The minimum absolute atomic E-state index is 0.0592. The number of nitrogens with zero attached hydrogens (tertiary/aromatic N) is 3. The normalized spacial score (nSPS) is 10.7. The Labute approximate surface area is 167 Å². The monoisotopic (exact) mass is 407 g/mol. The Morgan fingerprint density at radius 3 is 2.63 bits per heavy atom. The van der Waals surface area contributed by atoms with Gasteiger partial charge in [0.2, 0.25) is 16.9 Å². The molecule has 2 rings (SSSR count). The third kappa shape index (κ3) is 7.56. The summed E-state index contributed by atoms with van der Waals surface area (Å²) in [6.45, 7) is 6.89. The summed E-state index contributed by atoms with van der Waals surface area (Å²) in [6.07, 6.45) is 0. The van der Waals surface area contributed by atoms with Crippen LogP contribution in [0.3, 0.4) is 0 Å². The van der Waals surface area contributed by atoms with Crippen LogP contribution in [0.25, 0.3) is 0 Å². The number of anilines is 1. The molecule has 0 unspecified atom stereocenters. The molecule has 27 heavy (non-hydrogen) atoms. The molecule has 7 nitrogen and oxygen atoms in total. The molecule has 146 valence electrons. The van der Waals surface area contributed by atoms with Gasteiger partial charge in [-0.05, 0) is 26.3 Å². The van der Waals surface area contributed by atoms with Crippen molar-refractivity contribution in [1.82, 2.24) is 20.4 Å². The van der Waals surface area contributed by atoms with E-state index in [2.05, 4.69) is 20.8 Å². The molecule has 0 saturated heterocycles. The van der Waals surface area contributed by atoms with E-state index in [1.165, 1.54) is 23.1 Å². The Kier molecular flexibility index (Phi) is 8.53. The van der Waals surface area contributed by atoms with Crippen LogP contribution in [0.5, 0.6) is 0 Å². The van der Waals surface area contributed by atoms with Gasteiger partial charge in [0.15, 0.2) is 4.34 Å². The minimum atomic E-state index is -0.145. The molecule has 2 N–H and O–H groups in total. The molecule has 0 aliphatic heterocycles. The summed E-state index contributed by atoms with van der Waals surface area (Å²) < 4.78 is 0.724. The largest absolute Gasteiger partial charge is 0.356 e. The number of carbonyl (C=O) groups is 2. The van der Waals surface area contributed by atoms with E-state index in [0.29, 0.717) is 13.1 Å². The van der Waals surface area contributed by atoms with Crippen LogP contribution in [-0.4, -0.2) is 51.8 Å². The fraction of sp³-hybridized carbons (Fsp3) is 0.444. The van der Waals surface area contributed by atoms with Crippen molar-refractivity contribution in [2.24, 2.45) is 0 Å². The van der Waals surface area contributed by atoms with Gasteiger partial charge in [0.1, 0.15) is 0 Å². The molecule has 0 bridgehead atoms. The molecule has 0 fully saturated rings. The fourth-order valence-electron chi connectivity index (χ4n) is 2.25. The second kappa shape index (κ2) is 10.9. The molecule has 1 aromatic carbocycles. The van der Waals surface area contributed by atoms with E-state index in [1.807, 2.05) is 51.1 Å². The number of carbonyl (C=O) groups excluding carboxylic acids is 2. The fourth-order valence-corrected chi connectivity index (χ4v) is 3.90. The molecule has 0 radical (unpaired) electrons. The molecule has 1 aromatic heterocycles. The minimum Gasteiger partial charge on any atom is -0.356 e. The molecule has 0 atom stereocenters. The maximum Gasteiger partial charge on any atom is 0.239 e. The third-order valence-electron chi connectivity index (χ3n) is 3.53. The van der Waals surface area contributed by atoms with Gasteiger partial charge in [-0.3, -0.25) is 9.59 Å². The molecule has 0 aliphatic carbocycles. The Balaban J connectivity index is 1.78. The zero-order chi connectivity index (χ0) is 19.6. The van der Waals surface area contributed by atoms with Gasteiger partial charge in [-0.2, -0.15) is 0 Å². The first-order valence-electron chi connectivity index (χ1n) is 8.79. The molecule has 2 aromatic rings. The standard InChI is InChI=1S/C18H25N5O2S2/c1-4-23(11-15(24)20-13(2)3)16(25)12-26-18-22-21-17(27-18)19-10-14-8-6-5-7-9-14/h5-9,13H,4,10-12H2,1-3H3,(H,19,21)(H,20,24). The van der Waals surface area contributed by atoms with Crippen molar-refractivity contribution in [1.29, 1.82) is 0 Å². The van der Waals surface area contributed by atoms with E-state index < -0.39 is 0 Å². The van der Waals surface area contributed by atoms with Crippen LogP contribution < -0.4 is 10.6 Å². The van der Waals surface area contributed by atoms with Gasteiger partial charge in [-0.15, -0.1) is 10.2 Å². The summed E-state index contributed by atoms with van der Waals surface area (Å²) in [6, 6.07) is 10.1. The van der Waals surface area contributed by atoms with E-state index in [1.54, 1.807) is 4.90 Å². The number of aromatic nitrogens is 2. The summed E-state index contributed by atoms with van der Waals surface area (Å²) in [5, 5.41) is 15.0. The molecule has 0 spiro atoms. The molecule has 9 heteroatoms. The number of amides is 2. The van der Waals surface area contributed by atoms with E-state index in [9.17, 15) is 9.59 Å². The average molecular weight is 408 g/mol. The third-order valence-corrected chi connectivity index (χ3v) is 5.53. The van der Waals surface area contributed by atoms with Crippen LogP contribution in [0.4, 0.5) is 5.13 Å². The number of thioether (sulfide) groups is 1. The molecule has 2 amide bonds. The number of likely N-dealkylation sites (N-methyl/N-ethyl adjacent to an activating group) is 1. The lowest BCUT2D eigenvalue weighted by Gasteiger charge is -2.20. The van der Waals surface area contributed by atoms with Crippen molar-refractivity contribution in [3.05, 3.63) is 35.9 Å². The van der Waals surface area contributed by atoms with E-state index in [-0.39, 0.29) is 30.2 Å². The van der Waals surface area contributed by atoms with E-state index >= 15 is 0 Å². The lowest BCUT2D eigenvalue weighted by atomic mass is 10.2. The van der Waals surface area contributed by atoms with Gasteiger partial charge in [-0.25, -0.2) is 0 Å². The van der Waals surface area contributed by atoms with Gasteiger partial charge in [0.25, 0.3) is 0 Å². The molecule has 0 aliphatic rings. The highest BCUT2D eigenvalue weighted by Crippen LogP contribution is 2.26. The van der Waals surface area contributed by atoms with Gasteiger partial charge in [0.05, 0.1) is 12.3 Å². The first kappa shape index (κ1) is 21.2. The number of rotatable bonds is 10. The SMILES string of the molecule is CCN(CC(=O)NC(C)C)C(=O)CSc1nnc(NCc2ccccc2)s1. The smallest absolute Gasteiger partial charge is 0.239 e. The van der Waals surface area contributed by atoms with Crippen LogP contribution >= 0.6 is 23.1 Å². The van der Waals surface area contributed by atoms with Crippen LogP contribution in [0.15, 0.2) is 34.7 Å². The summed E-state index contributed by atoms with van der Waals surface area (Å²) in [7, 11) is 0. The second-order valence-electron chi connectivity index (χ2n) is 6.13. The number of hydrogen-bond donors (Lipinski definition) is 2. The van der Waals surface area contributed by atoms with Crippen molar-refractivity contribution in [2.75, 3.05) is 24.2 Å². The van der Waals surface area contributed by atoms with Crippen molar-refractivity contribution < 1.29 is 9.59 Å².